The number of nitrogens with zero attached hydrogens (tertiary/aromatic N) is 3. The Morgan fingerprint density at radius 2 is 0.579 bits per heavy atom. The smallest absolute Gasteiger partial charge is 0.0548 e. The molecule has 57 heavy (non-hydrogen) atoms. The molecule has 0 spiro atoms. The number of benzene rings is 9. The number of fused-ring (bicyclic) bond motifs is 10. The van der Waals surface area contributed by atoms with Gasteiger partial charge in [0.2, 0.25) is 0 Å². The minimum atomic E-state index is 1.14. The highest BCUT2D eigenvalue weighted by atomic mass is 15.0. The summed E-state index contributed by atoms with van der Waals surface area (Å²) in [7, 11) is 0. The van der Waals surface area contributed by atoms with E-state index in [1.54, 1.807) is 0 Å². The maximum absolute atomic E-state index is 2.44. The predicted octanol–water partition coefficient (Wildman–Crippen LogP) is 14.3. The van der Waals surface area contributed by atoms with Crippen molar-refractivity contribution >= 4 is 65.4 Å². The molecule has 3 heterocycles. The number of rotatable bonds is 5. The zero-order valence-electron chi connectivity index (χ0n) is 31.0. The minimum Gasteiger partial charge on any atom is -0.309 e. The normalized spacial score (nSPS) is 11.9. The second-order valence-electron chi connectivity index (χ2n) is 14.9. The Kier molecular flexibility index (Phi) is 6.93. The summed E-state index contributed by atoms with van der Waals surface area (Å²) in [6, 6.07) is 77.3. The van der Waals surface area contributed by atoms with Crippen LogP contribution >= 0.6 is 0 Å². The summed E-state index contributed by atoms with van der Waals surface area (Å²) in [5.41, 5.74) is 15.5. The maximum Gasteiger partial charge on any atom is 0.0548 e. The van der Waals surface area contributed by atoms with Crippen molar-refractivity contribution in [3.05, 3.63) is 212 Å². The molecule has 0 radical (unpaired) electrons. The Morgan fingerprint density at radius 3 is 1.09 bits per heavy atom. The van der Waals surface area contributed by atoms with Crippen LogP contribution in [0.1, 0.15) is 0 Å². The Balaban J connectivity index is 1.01. The molecule has 0 N–H and O–H groups in total. The molecule has 0 fully saturated rings. The van der Waals surface area contributed by atoms with Gasteiger partial charge < -0.3 is 13.7 Å². The Morgan fingerprint density at radius 1 is 0.211 bits per heavy atom. The second-order valence-corrected chi connectivity index (χ2v) is 14.9. The van der Waals surface area contributed by atoms with Crippen molar-refractivity contribution < 1.29 is 0 Å². The molecule has 3 nitrogen and oxygen atoms in total. The first-order valence-corrected chi connectivity index (χ1v) is 19.6. The van der Waals surface area contributed by atoms with Gasteiger partial charge in [0.05, 0.1) is 33.1 Å². The fourth-order valence-corrected chi connectivity index (χ4v) is 9.36. The van der Waals surface area contributed by atoms with E-state index < -0.39 is 0 Å². The average Bonchev–Trinajstić information content (AvgIpc) is 3.93. The second kappa shape index (κ2) is 12.5. The van der Waals surface area contributed by atoms with Crippen molar-refractivity contribution in [2.24, 2.45) is 0 Å². The summed E-state index contributed by atoms with van der Waals surface area (Å²) in [6.45, 7) is 0. The van der Waals surface area contributed by atoms with E-state index in [1.165, 1.54) is 87.7 Å². The van der Waals surface area contributed by atoms with Gasteiger partial charge in [-0.25, -0.2) is 0 Å². The van der Waals surface area contributed by atoms with Crippen LogP contribution in [0.15, 0.2) is 212 Å². The van der Waals surface area contributed by atoms with E-state index in [4.69, 9.17) is 0 Å². The van der Waals surface area contributed by atoms with Crippen LogP contribution in [0, 0.1) is 0 Å². The van der Waals surface area contributed by atoms with E-state index in [1.807, 2.05) is 0 Å². The molecule has 0 bridgehead atoms. The van der Waals surface area contributed by atoms with Crippen LogP contribution in [0.25, 0.3) is 105 Å². The number of hydrogen-bond acceptors (Lipinski definition) is 0. The van der Waals surface area contributed by atoms with E-state index in [-0.39, 0.29) is 0 Å². The van der Waals surface area contributed by atoms with Gasteiger partial charge in [0.15, 0.2) is 0 Å². The van der Waals surface area contributed by atoms with Crippen molar-refractivity contribution in [2.45, 2.75) is 0 Å². The molecule has 0 unspecified atom stereocenters. The third kappa shape index (κ3) is 4.79. The molecule has 0 amide bonds. The van der Waals surface area contributed by atoms with Crippen molar-refractivity contribution in [3.8, 4) is 39.3 Å². The molecule has 0 saturated carbocycles. The van der Waals surface area contributed by atoms with Crippen LogP contribution in [0.5, 0.6) is 0 Å². The summed E-state index contributed by atoms with van der Waals surface area (Å²) in [4.78, 5) is 0. The largest absolute Gasteiger partial charge is 0.309 e. The SMILES string of the molecule is c1ccc(-c2cccc(-n3c4ccccc4c4c5c6ccccc6n(-c6ccc(-c7cccc(-n8c9ccccc9c9ccccc98)c7)cc6)c5ccc43)c2)cc1. The van der Waals surface area contributed by atoms with Crippen LogP contribution in [-0.4, -0.2) is 13.7 Å². The van der Waals surface area contributed by atoms with Crippen molar-refractivity contribution in [3.63, 3.8) is 0 Å². The molecule has 3 heteroatoms. The number of para-hydroxylation sites is 4. The van der Waals surface area contributed by atoms with Gasteiger partial charge in [-0.05, 0) is 95.1 Å². The summed E-state index contributed by atoms with van der Waals surface area (Å²) < 4.78 is 7.26. The lowest BCUT2D eigenvalue weighted by atomic mass is 10.0. The van der Waals surface area contributed by atoms with E-state index >= 15 is 0 Å². The van der Waals surface area contributed by atoms with Crippen LogP contribution in [0.4, 0.5) is 0 Å². The zero-order valence-corrected chi connectivity index (χ0v) is 31.0. The topological polar surface area (TPSA) is 14.8 Å². The van der Waals surface area contributed by atoms with E-state index in [0.29, 0.717) is 0 Å². The van der Waals surface area contributed by atoms with Gasteiger partial charge in [0.1, 0.15) is 0 Å². The maximum atomic E-state index is 2.44. The number of aromatic nitrogens is 3. The summed E-state index contributed by atoms with van der Waals surface area (Å²) >= 11 is 0. The van der Waals surface area contributed by atoms with Crippen LogP contribution in [0.2, 0.25) is 0 Å². The van der Waals surface area contributed by atoms with Gasteiger partial charge >= 0.3 is 0 Å². The van der Waals surface area contributed by atoms with Gasteiger partial charge in [-0.3, -0.25) is 0 Å². The molecular formula is C54H35N3. The van der Waals surface area contributed by atoms with Crippen molar-refractivity contribution in [1.82, 2.24) is 13.7 Å². The Bertz CT molecular complexity index is 3450. The molecule has 12 aromatic rings. The van der Waals surface area contributed by atoms with E-state index in [0.717, 1.165) is 17.1 Å². The first-order valence-electron chi connectivity index (χ1n) is 19.6. The predicted molar refractivity (Wildman–Crippen MR) is 240 cm³/mol. The van der Waals surface area contributed by atoms with Crippen molar-refractivity contribution in [2.75, 3.05) is 0 Å². The molecule has 0 atom stereocenters. The standard InChI is InChI=1S/C54H35N3/c1-2-14-36(15-3-1)38-16-12-19-42(34-38)57-50-27-11-7-23-46(50)54-52(57)33-32-51-53(54)45-22-6-10-26-49(45)55(51)40-30-28-37(29-31-40)39-17-13-18-41(35-39)56-47-24-8-4-20-43(47)44-21-5-9-25-48(44)56/h1-35H. The summed E-state index contributed by atoms with van der Waals surface area (Å²) in [5, 5.41) is 7.61. The van der Waals surface area contributed by atoms with E-state index in [9.17, 15) is 0 Å². The Hall–Kier alpha value is -7.62. The molecular weight excluding hydrogens is 691 g/mol. The average molecular weight is 726 g/mol. The minimum absolute atomic E-state index is 1.14. The highest BCUT2D eigenvalue weighted by Crippen LogP contribution is 2.43. The third-order valence-corrected chi connectivity index (χ3v) is 11.8. The summed E-state index contributed by atoms with van der Waals surface area (Å²) in [6.07, 6.45) is 0. The lowest BCUT2D eigenvalue weighted by Gasteiger charge is -2.12. The van der Waals surface area contributed by atoms with Crippen LogP contribution < -0.4 is 0 Å². The molecule has 3 aromatic heterocycles. The monoisotopic (exact) mass is 725 g/mol. The fourth-order valence-electron chi connectivity index (χ4n) is 9.36. The van der Waals surface area contributed by atoms with Gasteiger partial charge in [0, 0.05) is 49.4 Å². The first kappa shape index (κ1) is 31.7. The van der Waals surface area contributed by atoms with Crippen LogP contribution in [0.3, 0.4) is 0 Å². The van der Waals surface area contributed by atoms with E-state index in [2.05, 4.69) is 226 Å². The lowest BCUT2D eigenvalue weighted by molar-refractivity contribution is 1.17. The van der Waals surface area contributed by atoms with Crippen LogP contribution in [-0.2, 0) is 0 Å². The van der Waals surface area contributed by atoms with Gasteiger partial charge in [-0.15, -0.1) is 0 Å². The summed E-state index contributed by atoms with van der Waals surface area (Å²) in [5.74, 6) is 0. The fraction of sp³-hybridized carbons (Fsp3) is 0. The van der Waals surface area contributed by atoms with Crippen molar-refractivity contribution in [1.29, 1.82) is 0 Å². The molecule has 0 aliphatic rings. The molecule has 0 aliphatic carbocycles. The molecule has 0 saturated heterocycles. The van der Waals surface area contributed by atoms with Gasteiger partial charge in [0.25, 0.3) is 0 Å². The van der Waals surface area contributed by atoms with Gasteiger partial charge in [-0.1, -0.05) is 140 Å². The zero-order chi connectivity index (χ0) is 37.5. The molecule has 0 aliphatic heterocycles. The highest BCUT2D eigenvalue weighted by Gasteiger charge is 2.21. The Labute approximate surface area is 329 Å². The third-order valence-electron chi connectivity index (χ3n) is 11.8. The van der Waals surface area contributed by atoms with Gasteiger partial charge in [-0.2, -0.15) is 0 Å². The first-order chi connectivity index (χ1) is 28.3. The molecule has 12 rings (SSSR count). The lowest BCUT2D eigenvalue weighted by Crippen LogP contribution is -1.96. The molecule has 266 valence electrons. The quantitative estimate of drug-likeness (QED) is 0.168. The highest BCUT2D eigenvalue weighted by molar-refractivity contribution is 6.29. The molecule has 9 aromatic carbocycles. The number of hydrogen-bond donors (Lipinski definition) is 0.